The number of aryl methyl sites for hydroxylation is 1. The van der Waals surface area contributed by atoms with Gasteiger partial charge >= 0.3 is 0 Å². The number of anilines is 1. The molecule has 3 rings (SSSR count). The van der Waals surface area contributed by atoms with Crippen molar-refractivity contribution in [1.29, 1.82) is 0 Å². The van der Waals surface area contributed by atoms with Crippen LogP contribution in [0.4, 0.5) is 10.1 Å². The fraction of sp³-hybridized carbons (Fsp3) is 0.278. The lowest BCUT2D eigenvalue weighted by Crippen LogP contribution is -2.43. The molecule has 1 amide bonds. The summed E-state index contributed by atoms with van der Waals surface area (Å²) in [6.07, 6.45) is 0.996. The van der Waals surface area contributed by atoms with Crippen LogP contribution in [0.1, 0.15) is 18.4 Å². The summed E-state index contributed by atoms with van der Waals surface area (Å²) in [6, 6.07) is 9.30. The molecule has 1 heterocycles. The van der Waals surface area contributed by atoms with Crippen LogP contribution in [0.2, 0.25) is 5.02 Å². The van der Waals surface area contributed by atoms with Gasteiger partial charge in [-0.15, -0.1) is 0 Å². The minimum absolute atomic E-state index is 0.0595. The first-order valence-corrected chi connectivity index (χ1v) is 9.95. The maximum Gasteiger partial charge on any atom is 0.243 e. The van der Waals surface area contributed by atoms with Crippen molar-refractivity contribution in [1.82, 2.24) is 4.31 Å². The van der Waals surface area contributed by atoms with E-state index < -0.39 is 27.8 Å². The molecule has 1 fully saturated rings. The van der Waals surface area contributed by atoms with Crippen LogP contribution in [0, 0.1) is 12.7 Å². The van der Waals surface area contributed by atoms with E-state index in [2.05, 4.69) is 5.32 Å². The minimum atomic E-state index is -3.78. The van der Waals surface area contributed by atoms with E-state index in [0.717, 1.165) is 11.6 Å². The lowest BCUT2D eigenvalue weighted by Gasteiger charge is -2.23. The third kappa shape index (κ3) is 3.75. The number of hydrogen-bond donors (Lipinski definition) is 1. The SMILES string of the molecule is Cc1ccc(S(=O)(=O)N2CCC[C@H]2C(=O)Nc2ccc(F)cc2Cl)cc1. The summed E-state index contributed by atoms with van der Waals surface area (Å²) >= 11 is 5.93. The number of rotatable bonds is 4. The molecule has 1 aliphatic heterocycles. The minimum Gasteiger partial charge on any atom is -0.323 e. The molecule has 1 saturated heterocycles. The van der Waals surface area contributed by atoms with Gasteiger partial charge in [0.1, 0.15) is 11.9 Å². The number of hydrogen-bond acceptors (Lipinski definition) is 3. The van der Waals surface area contributed by atoms with Crippen molar-refractivity contribution in [3.05, 3.63) is 58.9 Å². The molecular weight excluding hydrogens is 379 g/mol. The monoisotopic (exact) mass is 396 g/mol. The van der Waals surface area contributed by atoms with Crippen LogP contribution < -0.4 is 5.32 Å². The van der Waals surface area contributed by atoms with Gasteiger partial charge in [0.2, 0.25) is 15.9 Å². The van der Waals surface area contributed by atoms with E-state index in [0.29, 0.717) is 12.8 Å². The standard InChI is InChI=1S/C18H18ClFN2O3S/c1-12-4-7-14(8-5-12)26(24,25)22-10-2-3-17(22)18(23)21-16-9-6-13(20)11-15(16)19/h4-9,11,17H,2-3,10H2,1H3,(H,21,23)/t17-/m0/s1. The zero-order valence-corrected chi connectivity index (χ0v) is 15.6. The molecule has 0 aliphatic carbocycles. The molecule has 0 aromatic heterocycles. The highest BCUT2D eigenvalue weighted by atomic mass is 35.5. The van der Waals surface area contributed by atoms with Gasteiger partial charge < -0.3 is 5.32 Å². The average Bonchev–Trinajstić information content (AvgIpc) is 3.08. The van der Waals surface area contributed by atoms with Gasteiger partial charge in [0.05, 0.1) is 15.6 Å². The van der Waals surface area contributed by atoms with Crippen LogP contribution in [0.5, 0.6) is 0 Å². The molecule has 1 N–H and O–H groups in total. The third-order valence-electron chi connectivity index (χ3n) is 4.32. The van der Waals surface area contributed by atoms with Crippen molar-refractivity contribution in [3.8, 4) is 0 Å². The Balaban J connectivity index is 1.83. The zero-order valence-electron chi connectivity index (χ0n) is 14.1. The largest absolute Gasteiger partial charge is 0.323 e. The number of carbonyl (C=O) groups excluding carboxylic acids is 1. The predicted octanol–water partition coefficient (Wildman–Crippen LogP) is 3.58. The second-order valence-corrected chi connectivity index (χ2v) is 8.50. The van der Waals surface area contributed by atoms with Crippen molar-refractivity contribution < 1.29 is 17.6 Å². The summed E-state index contributed by atoms with van der Waals surface area (Å²) in [7, 11) is -3.78. The summed E-state index contributed by atoms with van der Waals surface area (Å²) in [5.41, 5.74) is 1.20. The maximum atomic E-state index is 13.1. The molecular formula is C18H18ClFN2O3S. The highest BCUT2D eigenvalue weighted by Gasteiger charge is 2.39. The van der Waals surface area contributed by atoms with Crippen LogP contribution >= 0.6 is 11.6 Å². The van der Waals surface area contributed by atoms with Crippen LogP contribution in [-0.4, -0.2) is 31.2 Å². The Kier molecular flexibility index (Phi) is 5.32. The lowest BCUT2D eigenvalue weighted by atomic mass is 10.2. The Labute approximate surface area is 156 Å². The normalized spacial score (nSPS) is 18.0. The fourth-order valence-corrected chi connectivity index (χ4v) is 4.81. The zero-order chi connectivity index (χ0) is 18.9. The van der Waals surface area contributed by atoms with Gasteiger partial charge in [-0.05, 0) is 50.1 Å². The van der Waals surface area contributed by atoms with E-state index in [9.17, 15) is 17.6 Å². The summed E-state index contributed by atoms with van der Waals surface area (Å²) in [5, 5.41) is 2.66. The first-order chi connectivity index (χ1) is 12.3. The number of nitrogens with one attached hydrogen (secondary N) is 1. The van der Waals surface area contributed by atoms with Gasteiger partial charge in [-0.3, -0.25) is 4.79 Å². The molecule has 1 aliphatic rings. The smallest absolute Gasteiger partial charge is 0.243 e. The summed E-state index contributed by atoms with van der Waals surface area (Å²) < 4.78 is 40.1. The Bertz CT molecular complexity index is 932. The Morgan fingerprint density at radius 2 is 1.92 bits per heavy atom. The van der Waals surface area contributed by atoms with Gasteiger partial charge in [0, 0.05) is 6.54 Å². The van der Waals surface area contributed by atoms with E-state index in [-0.39, 0.29) is 22.2 Å². The van der Waals surface area contributed by atoms with E-state index in [1.54, 1.807) is 12.1 Å². The van der Waals surface area contributed by atoms with Crippen molar-refractivity contribution in [2.24, 2.45) is 0 Å². The maximum absolute atomic E-state index is 13.1. The van der Waals surface area contributed by atoms with Gasteiger partial charge in [0.15, 0.2) is 0 Å². The van der Waals surface area contributed by atoms with Crippen molar-refractivity contribution in [2.45, 2.75) is 30.7 Å². The number of carbonyl (C=O) groups is 1. The molecule has 0 radical (unpaired) electrons. The fourth-order valence-electron chi connectivity index (χ4n) is 2.94. The molecule has 138 valence electrons. The van der Waals surface area contributed by atoms with Crippen molar-refractivity contribution in [3.63, 3.8) is 0 Å². The highest BCUT2D eigenvalue weighted by Crippen LogP contribution is 2.28. The van der Waals surface area contributed by atoms with E-state index in [1.165, 1.54) is 28.6 Å². The van der Waals surface area contributed by atoms with Gasteiger partial charge in [-0.25, -0.2) is 12.8 Å². The van der Waals surface area contributed by atoms with Crippen LogP contribution in [0.15, 0.2) is 47.4 Å². The van der Waals surface area contributed by atoms with Gasteiger partial charge in [-0.1, -0.05) is 29.3 Å². The number of halogens is 2. The topological polar surface area (TPSA) is 66.5 Å². The summed E-state index contributed by atoms with van der Waals surface area (Å²) in [5.74, 6) is -0.996. The summed E-state index contributed by atoms with van der Waals surface area (Å²) in [4.78, 5) is 12.8. The van der Waals surface area contributed by atoms with Crippen LogP contribution in [-0.2, 0) is 14.8 Å². The Hall–Kier alpha value is -1.96. The lowest BCUT2D eigenvalue weighted by molar-refractivity contribution is -0.119. The average molecular weight is 397 g/mol. The van der Waals surface area contributed by atoms with Crippen LogP contribution in [0.25, 0.3) is 0 Å². The molecule has 8 heteroatoms. The quantitative estimate of drug-likeness (QED) is 0.858. The van der Waals surface area contributed by atoms with Gasteiger partial charge in [-0.2, -0.15) is 4.31 Å². The Morgan fingerprint density at radius 3 is 2.58 bits per heavy atom. The van der Waals surface area contributed by atoms with E-state index in [4.69, 9.17) is 11.6 Å². The predicted molar refractivity (Wildman–Crippen MR) is 98.1 cm³/mol. The highest BCUT2D eigenvalue weighted by molar-refractivity contribution is 7.89. The van der Waals surface area contributed by atoms with Crippen LogP contribution in [0.3, 0.4) is 0 Å². The first kappa shape index (κ1) is 18.8. The number of sulfonamides is 1. The second-order valence-electron chi connectivity index (χ2n) is 6.20. The molecule has 0 spiro atoms. The molecule has 2 aromatic rings. The number of nitrogens with zero attached hydrogens (tertiary/aromatic N) is 1. The summed E-state index contributed by atoms with van der Waals surface area (Å²) in [6.45, 7) is 2.14. The second kappa shape index (κ2) is 7.34. The van der Waals surface area contributed by atoms with E-state index >= 15 is 0 Å². The molecule has 26 heavy (non-hydrogen) atoms. The third-order valence-corrected chi connectivity index (χ3v) is 6.56. The molecule has 0 saturated carbocycles. The van der Waals surface area contributed by atoms with Crippen molar-refractivity contribution in [2.75, 3.05) is 11.9 Å². The van der Waals surface area contributed by atoms with E-state index in [1.807, 2.05) is 6.92 Å². The molecule has 2 aromatic carbocycles. The molecule has 5 nitrogen and oxygen atoms in total. The van der Waals surface area contributed by atoms with Gasteiger partial charge in [0.25, 0.3) is 0 Å². The molecule has 0 bridgehead atoms. The Morgan fingerprint density at radius 1 is 1.23 bits per heavy atom. The molecule has 1 atom stereocenters. The molecule has 0 unspecified atom stereocenters. The first-order valence-electron chi connectivity index (χ1n) is 8.13. The van der Waals surface area contributed by atoms with Crippen molar-refractivity contribution >= 4 is 33.2 Å². The number of amides is 1. The number of benzene rings is 2.